The number of hydrogen-bond acceptors (Lipinski definition) is 4. The number of nitrogens with zero attached hydrogens (tertiary/aromatic N) is 2. The van der Waals surface area contributed by atoms with Gasteiger partial charge >= 0.3 is 0 Å². The van der Waals surface area contributed by atoms with Crippen LogP contribution >= 0.6 is 0 Å². The van der Waals surface area contributed by atoms with Gasteiger partial charge in [-0.2, -0.15) is 0 Å². The monoisotopic (exact) mass is 326 g/mol. The highest BCUT2D eigenvalue weighted by atomic mass is 16.5. The van der Waals surface area contributed by atoms with Gasteiger partial charge in [0.15, 0.2) is 0 Å². The number of piperazine rings is 1. The summed E-state index contributed by atoms with van der Waals surface area (Å²) in [6, 6.07) is 13.0. The van der Waals surface area contributed by atoms with Crippen LogP contribution in [-0.2, 0) is 6.54 Å². The predicted molar refractivity (Wildman–Crippen MR) is 95.2 cm³/mol. The SMILES string of the molecule is COc1ccc(-c2ccc(CN3CCN4CCCCC4C3)o2)cc1. The first-order valence-corrected chi connectivity index (χ1v) is 9.01. The zero-order valence-electron chi connectivity index (χ0n) is 14.4. The highest BCUT2D eigenvalue weighted by Crippen LogP contribution is 2.26. The average Bonchev–Trinajstić information content (AvgIpc) is 3.10. The summed E-state index contributed by atoms with van der Waals surface area (Å²) >= 11 is 0. The third-order valence-corrected chi connectivity index (χ3v) is 5.34. The van der Waals surface area contributed by atoms with E-state index in [0.717, 1.165) is 42.0 Å². The van der Waals surface area contributed by atoms with Crippen molar-refractivity contribution in [3.63, 3.8) is 0 Å². The highest BCUT2D eigenvalue weighted by Gasteiger charge is 2.29. The van der Waals surface area contributed by atoms with Gasteiger partial charge in [-0.1, -0.05) is 6.42 Å². The molecule has 3 heterocycles. The van der Waals surface area contributed by atoms with E-state index >= 15 is 0 Å². The third-order valence-electron chi connectivity index (χ3n) is 5.34. The van der Waals surface area contributed by atoms with Crippen molar-refractivity contribution in [3.8, 4) is 17.1 Å². The number of fused-ring (bicyclic) bond motifs is 1. The maximum Gasteiger partial charge on any atom is 0.134 e. The molecule has 0 N–H and O–H groups in total. The molecule has 4 nitrogen and oxygen atoms in total. The maximum absolute atomic E-state index is 6.09. The molecule has 0 aliphatic carbocycles. The quantitative estimate of drug-likeness (QED) is 0.858. The van der Waals surface area contributed by atoms with Crippen molar-refractivity contribution in [1.29, 1.82) is 0 Å². The lowest BCUT2D eigenvalue weighted by molar-refractivity contribution is 0.0427. The van der Waals surface area contributed by atoms with Crippen molar-refractivity contribution in [2.45, 2.75) is 31.8 Å². The number of piperidine rings is 1. The Kier molecular flexibility index (Phi) is 4.58. The summed E-state index contributed by atoms with van der Waals surface area (Å²) in [5.41, 5.74) is 1.10. The molecule has 4 rings (SSSR count). The summed E-state index contributed by atoms with van der Waals surface area (Å²) in [4.78, 5) is 5.22. The van der Waals surface area contributed by atoms with E-state index in [4.69, 9.17) is 9.15 Å². The summed E-state index contributed by atoms with van der Waals surface area (Å²) in [7, 11) is 1.69. The first-order valence-electron chi connectivity index (χ1n) is 9.01. The number of hydrogen-bond donors (Lipinski definition) is 0. The van der Waals surface area contributed by atoms with Gasteiger partial charge in [-0.3, -0.25) is 9.80 Å². The first kappa shape index (κ1) is 15.7. The fourth-order valence-corrected chi connectivity index (χ4v) is 3.96. The molecule has 1 unspecified atom stereocenters. The molecule has 0 amide bonds. The number of methoxy groups -OCH3 is 1. The van der Waals surface area contributed by atoms with Gasteiger partial charge in [-0.25, -0.2) is 0 Å². The van der Waals surface area contributed by atoms with Crippen molar-refractivity contribution in [3.05, 3.63) is 42.2 Å². The molecule has 0 spiro atoms. The van der Waals surface area contributed by atoms with Gasteiger partial charge < -0.3 is 9.15 Å². The maximum atomic E-state index is 6.09. The van der Waals surface area contributed by atoms with Crippen molar-refractivity contribution in [2.75, 3.05) is 33.3 Å². The van der Waals surface area contributed by atoms with Crippen LogP contribution in [-0.4, -0.2) is 49.1 Å². The number of benzene rings is 1. The van der Waals surface area contributed by atoms with Crippen LogP contribution in [0.1, 0.15) is 25.0 Å². The van der Waals surface area contributed by atoms with E-state index in [1.54, 1.807) is 7.11 Å². The Hall–Kier alpha value is -1.78. The van der Waals surface area contributed by atoms with E-state index < -0.39 is 0 Å². The molecule has 0 saturated carbocycles. The summed E-state index contributed by atoms with van der Waals surface area (Å²) in [5.74, 6) is 2.87. The number of furan rings is 1. The standard InChI is InChI=1S/C20H26N2O2/c1-23-18-7-5-16(6-8-18)20-10-9-19(24-20)15-21-12-13-22-11-3-2-4-17(22)14-21/h5-10,17H,2-4,11-15H2,1H3. The first-order chi connectivity index (χ1) is 11.8. The van der Waals surface area contributed by atoms with E-state index in [0.29, 0.717) is 0 Å². The Labute approximate surface area is 144 Å². The topological polar surface area (TPSA) is 28.9 Å². The average molecular weight is 326 g/mol. The Morgan fingerprint density at radius 2 is 1.92 bits per heavy atom. The van der Waals surface area contributed by atoms with Crippen LogP contribution in [0.4, 0.5) is 0 Å². The van der Waals surface area contributed by atoms with Crippen molar-refractivity contribution < 1.29 is 9.15 Å². The Morgan fingerprint density at radius 1 is 1.04 bits per heavy atom. The summed E-state index contributed by atoms with van der Waals surface area (Å²) in [6.07, 6.45) is 4.11. The van der Waals surface area contributed by atoms with E-state index in [-0.39, 0.29) is 0 Å². The molecule has 0 radical (unpaired) electrons. The summed E-state index contributed by atoms with van der Waals surface area (Å²) in [5, 5.41) is 0. The van der Waals surface area contributed by atoms with E-state index in [1.165, 1.54) is 38.9 Å². The van der Waals surface area contributed by atoms with Crippen molar-refractivity contribution in [2.24, 2.45) is 0 Å². The molecule has 0 bridgehead atoms. The second kappa shape index (κ2) is 6.99. The van der Waals surface area contributed by atoms with Crippen molar-refractivity contribution >= 4 is 0 Å². The Balaban J connectivity index is 1.39. The molecule has 2 saturated heterocycles. The van der Waals surface area contributed by atoms with E-state index in [1.807, 2.05) is 24.3 Å². The zero-order valence-corrected chi connectivity index (χ0v) is 14.4. The Bertz CT molecular complexity index is 665. The molecule has 24 heavy (non-hydrogen) atoms. The van der Waals surface area contributed by atoms with Crippen LogP contribution in [0, 0.1) is 0 Å². The number of rotatable bonds is 4. The fourth-order valence-electron chi connectivity index (χ4n) is 3.96. The Morgan fingerprint density at radius 3 is 2.75 bits per heavy atom. The van der Waals surface area contributed by atoms with Gasteiger partial charge in [0.05, 0.1) is 13.7 Å². The molecular formula is C20H26N2O2. The summed E-state index contributed by atoms with van der Waals surface area (Å²) < 4.78 is 11.3. The molecule has 2 aliphatic heterocycles. The van der Waals surface area contributed by atoms with Crippen LogP contribution in [0.3, 0.4) is 0 Å². The third kappa shape index (κ3) is 3.35. The molecule has 2 aliphatic rings. The minimum atomic E-state index is 0.753. The molecule has 4 heteroatoms. The highest BCUT2D eigenvalue weighted by molar-refractivity contribution is 5.58. The second-order valence-electron chi connectivity index (χ2n) is 6.92. The molecule has 2 fully saturated rings. The normalized spacial score (nSPS) is 22.3. The lowest BCUT2D eigenvalue weighted by Crippen LogP contribution is -2.54. The van der Waals surface area contributed by atoms with Gasteiger partial charge in [0.2, 0.25) is 0 Å². The van der Waals surface area contributed by atoms with E-state index in [9.17, 15) is 0 Å². The molecule has 1 aromatic carbocycles. The smallest absolute Gasteiger partial charge is 0.134 e. The van der Waals surface area contributed by atoms with Gasteiger partial charge in [-0.15, -0.1) is 0 Å². The van der Waals surface area contributed by atoms with Crippen molar-refractivity contribution in [1.82, 2.24) is 9.80 Å². The fraction of sp³-hybridized carbons (Fsp3) is 0.500. The van der Waals surface area contributed by atoms with Crippen LogP contribution < -0.4 is 4.74 Å². The molecular weight excluding hydrogens is 300 g/mol. The van der Waals surface area contributed by atoms with Crippen LogP contribution in [0.25, 0.3) is 11.3 Å². The molecule has 1 aromatic heterocycles. The van der Waals surface area contributed by atoms with E-state index in [2.05, 4.69) is 21.9 Å². The largest absolute Gasteiger partial charge is 0.497 e. The molecule has 1 atom stereocenters. The lowest BCUT2D eigenvalue weighted by atomic mass is 9.99. The molecule has 2 aromatic rings. The predicted octanol–water partition coefficient (Wildman–Crippen LogP) is 3.63. The summed E-state index contributed by atoms with van der Waals surface area (Å²) in [6.45, 7) is 5.74. The minimum Gasteiger partial charge on any atom is -0.497 e. The van der Waals surface area contributed by atoms with Crippen LogP contribution in [0.15, 0.2) is 40.8 Å². The minimum absolute atomic E-state index is 0.753. The zero-order chi connectivity index (χ0) is 16.4. The molecule has 128 valence electrons. The van der Waals surface area contributed by atoms with Crippen LogP contribution in [0.5, 0.6) is 5.75 Å². The van der Waals surface area contributed by atoms with Gasteiger partial charge in [-0.05, 0) is 55.8 Å². The van der Waals surface area contributed by atoms with Gasteiger partial charge in [0, 0.05) is 31.2 Å². The second-order valence-corrected chi connectivity index (χ2v) is 6.92. The van der Waals surface area contributed by atoms with Crippen LogP contribution in [0.2, 0.25) is 0 Å². The lowest BCUT2D eigenvalue weighted by Gasteiger charge is -2.43. The van der Waals surface area contributed by atoms with Gasteiger partial charge in [0.25, 0.3) is 0 Å². The van der Waals surface area contributed by atoms with Gasteiger partial charge in [0.1, 0.15) is 17.3 Å². The number of ether oxygens (including phenoxy) is 1.